The van der Waals surface area contributed by atoms with E-state index < -0.39 is 17.6 Å². The van der Waals surface area contributed by atoms with Crippen molar-refractivity contribution in [2.75, 3.05) is 0 Å². The Morgan fingerprint density at radius 2 is 1.90 bits per heavy atom. The molecule has 0 fully saturated rings. The zero-order chi connectivity index (χ0) is 15.5. The van der Waals surface area contributed by atoms with Gasteiger partial charge in [-0.1, -0.05) is 13.8 Å². The smallest absolute Gasteiger partial charge is 0.329 e. The highest BCUT2D eigenvalue weighted by Gasteiger charge is 2.29. The summed E-state index contributed by atoms with van der Waals surface area (Å²) in [7, 11) is 1.78. The summed E-state index contributed by atoms with van der Waals surface area (Å²) in [5.74, 6) is -0.730. The van der Waals surface area contributed by atoms with E-state index in [-0.39, 0.29) is 11.8 Å². The quantitative estimate of drug-likeness (QED) is 0.859. The van der Waals surface area contributed by atoms with Gasteiger partial charge in [0.25, 0.3) is 5.91 Å². The molecule has 112 valence electrons. The van der Waals surface area contributed by atoms with Gasteiger partial charge in [0.1, 0.15) is 17.3 Å². The zero-order valence-electron chi connectivity index (χ0n) is 13.1. The maximum Gasteiger partial charge on any atom is 0.329 e. The van der Waals surface area contributed by atoms with Crippen molar-refractivity contribution in [2.24, 2.45) is 13.0 Å². The van der Waals surface area contributed by atoms with Gasteiger partial charge >= 0.3 is 5.97 Å². The number of carbonyl (C=O) groups is 2. The zero-order valence-corrected chi connectivity index (χ0v) is 13.1. The second-order valence-electron chi connectivity index (χ2n) is 6.23. The lowest BCUT2D eigenvalue weighted by molar-refractivity contribution is -0.158. The first-order valence-electron chi connectivity index (χ1n) is 6.77. The molecule has 20 heavy (non-hydrogen) atoms. The third-order valence-corrected chi connectivity index (χ3v) is 2.79. The van der Waals surface area contributed by atoms with Gasteiger partial charge < -0.3 is 14.6 Å². The van der Waals surface area contributed by atoms with Crippen LogP contribution in [0, 0.1) is 5.92 Å². The third kappa shape index (κ3) is 4.40. The van der Waals surface area contributed by atoms with Gasteiger partial charge in [0.15, 0.2) is 0 Å². The number of esters is 1. The van der Waals surface area contributed by atoms with Gasteiger partial charge in [-0.25, -0.2) is 4.79 Å². The molecule has 0 aromatic carbocycles. The standard InChI is InChI=1S/C15H24N2O3/c1-10(2)12(14(19)20-15(3,4)5)16-13(18)11-8-7-9-17(11)6/h7-10,12H,1-6H3,(H,16,18)/t12-/m1/s1. The second kappa shape index (κ2) is 6.11. The molecule has 0 radical (unpaired) electrons. The molecular weight excluding hydrogens is 256 g/mol. The van der Waals surface area contributed by atoms with Crippen molar-refractivity contribution in [3.63, 3.8) is 0 Å². The van der Waals surface area contributed by atoms with E-state index in [1.165, 1.54) is 0 Å². The highest BCUT2D eigenvalue weighted by molar-refractivity contribution is 5.95. The Morgan fingerprint density at radius 1 is 1.30 bits per heavy atom. The number of hydrogen-bond donors (Lipinski definition) is 1. The van der Waals surface area contributed by atoms with Gasteiger partial charge in [-0.15, -0.1) is 0 Å². The van der Waals surface area contributed by atoms with Gasteiger partial charge in [0, 0.05) is 13.2 Å². The maximum absolute atomic E-state index is 12.2. The van der Waals surface area contributed by atoms with Crippen molar-refractivity contribution in [1.82, 2.24) is 9.88 Å². The largest absolute Gasteiger partial charge is 0.458 e. The van der Waals surface area contributed by atoms with Crippen LogP contribution in [0.1, 0.15) is 45.1 Å². The number of rotatable bonds is 4. The van der Waals surface area contributed by atoms with Crippen LogP contribution < -0.4 is 5.32 Å². The number of ether oxygens (including phenoxy) is 1. The Bertz CT molecular complexity index is 484. The average Bonchev–Trinajstić information content (AvgIpc) is 2.69. The second-order valence-corrected chi connectivity index (χ2v) is 6.23. The summed E-state index contributed by atoms with van der Waals surface area (Å²) in [6, 6.07) is 2.84. The van der Waals surface area contributed by atoms with Crippen molar-refractivity contribution in [2.45, 2.75) is 46.3 Å². The van der Waals surface area contributed by atoms with E-state index in [4.69, 9.17) is 4.74 Å². The van der Waals surface area contributed by atoms with Crippen LogP contribution in [0.4, 0.5) is 0 Å². The normalized spacial score (nSPS) is 13.2. The molecule has 1 aromatic heterocycles. The number of nitrogens with one attached hydrogen (secondary N) is 1. The van der Waals surface area contributed by atoms with E-state index in [0.29, 0.717) is 5.69 Å². The number of aryl methyl sites for hydroxylation is 1. The van der Waals surface area contributed by atoms with Crippen molar-refractivity contribution >= 4 is 11.9 Å². The van der Waals surface area contributed by atoms with E-state index in [0.717, 1.165) is 0 Å². The SMILES string of the molecule is CC(C)[C@@H](NC(=O)c1cccn1C)C(=O)OC(C)(C)C. The van der Waals surface area contributed by atoms with E-state index in [2.05, 4.69) is 5.32 Å². The van der Waals surface area contributed by atoms with Gasteiger partial charge in [-0.05, 0) is 38.8 Å². The molecule has 1 rings (SSSR count). The van der Waals surface area contributed by atoms with Crippen LogP contribution in [0.2, 0.25) is 0 Å². The Balaban J connectivity index is 2.81. The highest BCUT2D eigenvalue weighted by atomic mass is 16.6. The van der Waals surface area contributed by atoms with E-state index >= 15 is 0 Å². The molecule has 0 saturated heterocycles. The molecule has 1 heterocycles. The Hall–Kier alpha value is -1.78. The molecular formula is C15H24N2O3. The number of hydrogen-bond acceptors (Lipinski definition) is 3. The number of amides is 1. The molecule has 0 bridgehead atoms. The summed E-state index contributed by atoms with van der Waals surface area (Å²) in [6.45, 7) is 9.17. The summed E-state index contributed by atoms with van der Waals surface area (Å²) < 4.78 is 7.06. The predicted molar refractivity (Wildman–Crippen MR) is 77.4 cm³/mol. The molecule has 1 aromatic rings. The molecule has 5 heteroatoms. The summed E-state index contributed by atoms with van der Waals surface area (Å²) in [5, 5.41) is 2.75. The molecule has 1 N–H and O–H groups in total. The fourth-order valence-corrected chi connectivity index (χ4v) is 1.78. The minimum absolute atomic E-state index is 0.0472. The molecule has 1 atom stereocenters. The summed E-state index contributed by atoms with van der Waals surface area (Å²) in [5.41, 5.74) is -0.0564. The maximum atomic E-state index is 12.2. The molecule has 0 aliphatic carbocycles. The lowest BCUT2D eigenvalue weighted by Gasteiger charge is -2.26. The van der Waals surface area contributed by atoms with Gasteiger partial charge in [0.05, 0.1) is 0 Å². The van der Waals surface area contributed by atoms with E-state index in [9.17, 15) is 9.59 Å². The fraction of sp³-hybridized carbons (Fsp3) is 0.600. The Labute approximate surface area is 120 Å². The van der Waals surface area contributed by atoms with Crippen molar-refractivity contribution in [3.05, 3.63) is 24.0 Å². The first kappa shape index (κ1) is 16.3. The molecule has 0 aliphatic rings. The van der Waals surface area contributed by atoms with Crippen molar-refractivity contribution in [3.8, 4) is 0 Å². The minimum atomic E-state index is -0.656. The average molecular weight is 280 g/mol. The van der Waals surface area contributed by atoms with Gasteiger partial charge in [-0.3, -0.25) is 4.79 Å². The third-order valence-electron chi connectivity index (χ3n) is 2.79. The van der Waals surface area contributed by atoms with Crippen molar-refractivity contribution < 1.29 is 14.3 Å². The lowest BCUT2D eigenvalue weighted by atomic mass is 10.0. The van der Waals surface area contributed by atoms with Crippen LogP contribution in [0.3, 0.4) is 0 Å². The number of nitrogens with zero attached hydrogens (tertiary/aromatic N) is 1. The highest BCUT2D eigenvalue weighted by Crippen LogP contribution is 2.13. The van der Waals surface area contributed by atoms with Gasteiger partial charge in [-0.2, -0.15) is 0 Å². The minimum Gasteiger partial charge on any atom is -0.458 e. The van der Waals surface area contributed by atoms with Crippen LogP contribution in [0.15, 0.2) is 18.3 Å². The molecule has 0 aliphatic heterocycles. The predicted octanol–water partition coefficient (Wildman–Crippen LogP) is 2.12. The summed E-state index contributed by atoms with van der Waals surface area (Å²) in [4.78, 5) is 24.3. The molecule has 1 amide bonds. The van der Waals surface area contributed by atoms with E-state index in [1.807, 2.05) is 13.8 Å². The fourth-order valence-electron chi connectivity index (χ4n) is 1.78. The summed E-state index contributed by atoms with van der Waals surface area (Å²) in [6.07, 6.45) is 1.78. The first-order chi connectivity index (χ1) is 9.11. The molecule has 0 spiro atoms. The molecule has 0 unspecified atom stereocenters. The van der Waals surface area contributed by atoms with Crippen molar-refractivity contribution in [1.29, 1.82) is 0 Å². The van der Waals surface area contributed by atoms with Crippen LogP contribution in [0.25, 0.3) is 0 Å². The van der Waals surface area contributed by atoms with Gasteiger partial charge in [0.2, 0.25) is 0 Å². The lowest BCUT2D eigenvalue weighted by Crippen LogP contribution is -2.47. The van der Waals surface area contributed by atoms with Crippen LogP contribution >= 0.6 is 0 Å². The topological polar surface area (TPSA) is 60.3 Å². The molecule has 5 nitrogen and oxygen atoms in total. The summed E-state index contributed by atoms with van der Waals surface area (Å²) >= 11 is 0. The number of aromatic nitrogens is 1. The van der Waals surface area contributed by atoms with Crippen LogP contribution in [-0.4, -0.2) is 28.1 Å². The van der Waals surface area contributed by atoms with E-state index in [1.54, 1.807) is 50.7 Å². The monoisotopic (exact) mass is 280 g/mol. The number of carbonyl (C=O) groups excluding carboxylic acids is 2. The Kier molecular flexibility index (Phi) is 4.98. The molecule has 0 saturated carbocycles. The first-order valence-corrected chi connectivity index (χ1v) is 6.77. The van der Waals surface area contributed by atoms with Crippen LogP contribution in [-0.2, 0) is 16.6 Å². The van der Waals surface area contributed by atoms with Crippen LogP contribution in [0.5, 0.6) is 0 Å². The Morgan fingerprint density at radius 3 is 2.30 bits per heavy atom.